The van der Waals surface area contributed by atoms with Crippen LogP contribution in [0.25, 0.3) is 88.0 Å². The fourth-order valence-electron chi connectivity index (χ4n) is 9.24. The molecule has 56 heavy (non-hydrogen) atoms. The molecule has 0 saturated carbocycles. The summed E-state index contributed by atoms with van der Waals surface area (Å²) in [5, 5.41) is 7.29. The molecule has 10 aromatic rings. The minimum Gasteiger partial charge on any atom is -0.457 e. The maximum absolute atomic E-state index is 6.94. The first-order valence-corrected chi connectivity index (χ1v) is 19.3. The molecule has 0 spiro atoms. The van der Waals surface area contributed by atoms with Crippen molar-refractivity contribution in [2.75, 3.05) is 0 Å². The molecule has 3 heterocycles. The number of fused-ring (bicyclic) bond motifs is 12. The van der Waals surface area contributed by atoms with Gasteiger partial charge in [-0.15, -0.1) is 0 Å². The van der Waals surface area contributed by atoms with Crippen LogP contribution in [0.1, 0.15) is 11.5 Å². The normalized spacial score (nSPS) is 14.7. The van der Waals surface area contributed by atoms with Gasteiger partial charge in [0.2, 0.25) is 0 Å². The van der Waals surface area contributed by atoms with Gasteiger partial charge in [0.25, 0.3) is 0 Å². The number of hydrogen-bond donors (Lipinski definition) is 0. The summed E-state index contributed by atoms with van der Waals surface area (Å²) in [4.78, 5) is 0. The molecule has 3 nitrogen and oxygen atoms in total. The summed E-state index contributed by atoms with van der Waals surface area (Å²) < 4.78 is 11.8. The Morgan fingerprint density at radius 2 is 1.09 bits per heavy atom. The van der Waals surface area contributed by atoms with Crippen molar-refractivity contribution in [3.05, 3.63) is 212 Å². The van der Waals surface area contributed by atoms with Gasteiger partial charge in [0.15, 0.2) is 0 Å². The highest BCUT2D eigenvalue weighted by Crippen LogP contribution is 2.51. The second-order valence-corrected chi connectivity index (χ2v) is 14.9. The molecule has 1 aliphatic heterocycles. The maximum Gasteiger partial charge on any atom is 0.141 e. The Morgan fingerprint density at radius 3 is 1.84 bits per heavy atom. The molecular weight excluding hydrogens is 681 g/mol. The Balaban J connectivity index is 1.16. The largest absolute Gasteiger partial charge is 0.457 e. The smallest absolute Gasteiger partial charge is 0.141 e. The quantitative estimate of drug-likeness (QED) is 0.178. The highest BCUT2D eigenvalue weighted by Gasteiger charge is 2.30. The third-order valence-corrected chi connectivity index (χ3v) is 11.8. The van der Waals surface area contributed by atoms with E-state index in [0.717, 1.165) is 44.9 Å². The summed E-state index contributed by atoms with van der Waals surface area (Å²) >= 11 is 0. The molecule has 0 amide bonds. The molecule has 2 aromatic heterocycles. The van der Waals surface area contributed by atoms with Gasteiger partial charge in [0, 0.05) is 44.6 Å². The van der Waals surface area contributed by atoms with E-state index in [2.05, 4.69) is 209 Å². The van der Waals surface area contributed by atoms with Crippen LogP contribution in [0.15, 0.2) is 206 Å². The first-order chi connectivity index (χ1) is 27.8. The van der Waals surface area contributed by atoms with Crippen LogP contribution >= 0.6 is 0 Å². The summed E-state index contributed by atoms with van der Waals surface area (Å²) in [6.07, 6.45) is 10.8. The highest BCUT2D eigenvalue weighted by molar-refractivity contribution is 6.26. The zero-order chi connectivity index (χ0) is 36.7. The van der Waals surface area contributed by atoms with Gasteiger partial charge in [0.05, 0.1) is 27.5 Å². The van der Waals surface area contributed by atoms with E-state index in [1.165, 1.54) is 60.2 Å². The van der Waals surface area contributed by atoms with Crippen LogP contribution in [0.3, 0.4) is 0 Å². The lowest BCUT2D eigenvalue weighted by atomic mass is 9.88. The van der Waals surface area contributed by atoms with Crippen molar-refractivity contribution in [2.24, 2.45) is 0 Å². The minimum absolute atomic E-state index is 0.0855. The zero-order valence-electron chi connectivity index (χ0n) is 30.4. The molecule has 2 bridgehead atoms. The van der Waals surface area contributed by atoms with E-state index in [1.54, 1.807) is 0 Å². The van der Waals surface area contributed by atoms with Crippen LogP contribution in [0.5, 0.6) is 5.75 Å². The number of allylic oxidation sites excluding steroid dienone is 5. The predicted molar refractivity (Wildman–Crippen MR) is 233 cm³/mol. The first-order valence-electron chi connectivity index (χ1n) is 19.3. The van der Waals surface area contributed by atoms with E-state index >= 15 is 0 Å². The van der Waals surface area contributed by atoms with Crippen molar-refractivity contribution >= 4 is 54.4 Å². The molecule has 1 unspecified atom stereocenters. The Bertz CT molecular complexity index is 3250. The summed E-state index contributed by atoms with van der Waals surface area (Å²) in [5.41, 5.74) is 12.8. The lowest BCUT2D eigenvalue weighted by molar-refractivity contribution is 0.430. The molecule has 0 N–H and O–H groups in total. The fraction of sp³-hybridized carbons (Fsp3) is 0.0189. The van der Waals surface area contributed by atoms with Crippen molar-refractivity contribution in [3.8, 4) is 39.4 Å². The third-order valence-electron chi connectivity index (χ3n) is 11.8. The number of rotatable bonds is 4. The van der Waals surface area contributed by atoms with Crippen molar-refractivity contribution in [1.29, 1.82) is 0 Å². The van der Waals surface area contributed by atoms with Crippen LogP contribution in [-0.4, -0.2) is 9.13 Å². The number of benzene rings is 8. The van der Waals surface area contributed by atoms with Crippen molar-refractivity contribution in [3.63, 3.8) is 0 Å². The highest BCUT2D eigenvalue weighted by atomic mass is 16.5. The summed E-state index contributed by atoms with van der Waals surface area (Å²) in [6.45, 7) is 0. The maximum atomic E-state index is 6.94. The van der Waals surface area contributed by atoms with Gasteiger partial charge in [-0.1, -0.05) is 140 Å². The molecule has 8 aromatic carbocycles. The Hall–Kier alpha value is -7.36. The molecule has 0 radical (unpaired) electrons. The molecule has 12 rings (SSSR count). The van der Waals surface area contributed by atoms with Gasteiger partial charge in [-0.05, 0) is 88.1 Å². The third kappa shape index (κ3) is 4.58. The van der Waals surface area contributed by atoms with E-state index in [-0.39, 0.29) is 5.92 Å². The van der Waals surface area contributed by atoms with Crippen LogP contribution < -0.4 is 4.74 Å². The van der Waals surface area contributed by atoms with Crippen LogP contribution in [0.2, 0.25) is 0 Å². The second kappa shape index (κ2) is 12.1. The standard InChI is InChI=1S/C53H34N2O/c1-2-12-34(13-3-1)35-22-27-40(28-23-35)55-49-31-26-36-14-5-7-17-42(36)50(49)51-52(55)45(33-46-38-15-4-6-16-41(32-38)56-53(46)51)37-24-29-39(30-25-37)54-47-20-10-8-18-43(47)44-19-9-11-21-48(44)54/h1-33,38H. The van der Waals surface area contributed by atoms with E-state index < -0.39 is 0 Å². The fourth-order valence-corrected chi connectivity index (χ4v) is 9.24. The number of nitrogens with zero attached hydrogens (tertiary/aromatic N) is 2. The number of ether oxygens (including phenoxy) is 1. The van der Waals surface area contributed by atoms with Gasteiger partial charge >= 0.3 is 0 Å². The average Bonchev–Trinajstić information content (AvgIpc) is 3.72. The molecular formula is C53H34N2O. The van der Waals surface area contributed by atoms with Crippen LogP contribution in [0.4, 0.5) is 0 Å². The Morgan fingerprint density at radius 1 is 0.464 bits per heavy atom. The van der Waals surface area contributed by atoms with E-state index in [9.17, 15) is 0 Å². The van der Waals surface area contributed by atoms with Gasteiger partial charge in [-0.2, -0.15) is 0 Å². The monoisotopic (exact) mass is 714 g/mol. The molecule has 0 saturated heterocycles. The van der Waals surface area contributed by atoms with Crippen molar-refractivity contribution < 1.29 is 4.74 Å². The number of para-hydroxylation sites is 2. The van der Waals surface area contributed by atoms with Crippen LogP contribution in [0, 0.1) is 0 Å². The lowest BCUT2D eigenvalue weighted by Crippen LogP contribution is -2.08. The van der Waals surface area contributed by atoms with Gasteiger partial charge < -0.3 is 13.9 Å². The molecule has 2 aliphatic rings. The topological polar surface area (TPSA) is 19.1 Å². The van der Waals surface area contributed by atoms with Gasteiger partial charge in [0.1, 0.15) is 11.5 Å². The van der Waals surface area contributed by atoms with E-state index in [4.69, 9.17) is 4.74 Å². The lowest BCUT2D eigenvalue weighted by Gasteiger charge is -2.24. The predicted octanol–water partition coefficient (Wildman–Crippen LogP) is 13.9. The van der Waals surface area contributed by atoms with Crippen molar-refractivity contribution in [2.45, 2.75) is 5.92 Å². The molecule has 0 fully saturated rings. The number of hydrogen-bond acceptors (Lipinski definition) is 1. The average molecular weight is 715 g/mol. The first kappa shape index (κ1) is 31.0. The Kier molecular flexibility index (Phi) is 6.69. The molecule has 262 valence electrons. The minimum atomic E-state index is 0.0855. The summed E-state index contributed by atoms with van der Waals surface area (Å²) in [7, 11) is 0. The molecule has 3 heteroatoms. The van der Waals surface area contributed by atoms with Crippen molar-refractivity contribution in [1.82, 2.24) is 9.13 Å². The number of aromatic nitrogens is 2. The summed E-state index contributed by atoms with van der Waals surface area (Å²) in [5.74, 6) is 1.90. The zero-order valence-corrected chi connectivity index (χ0v) is 30.4. The molecule has 1 aliphatic carbocycles. The van der Waals surface area contributed by atoms with Gasteiger partial charge in [-0.25, -0.2) is 0 Å². The molecule has 1 atom stereocenters. The van der Waals surface area contributed by atoms with E-state index in [0.29, 0.717) is 0 Å². The summed E-state index contributed by atoms with van der Waals surface area (Å²) in [6, 6.07) is 61.9. The van der Waals surface area contributed by atoms with Crippen LogP contribution in [-0.2, 0) is 0 Å². The SMILES string of the molecule is C1=CC2=CC(C=C1)c1cc(-c3ccc(-n4c5ccccc5c5ccccc54)cc3)c3c(c1O2)c1c2ccccc2ccc1n3-c1ccc(-c2ccccc2)cc1. The van der Waals surface area contributed by atoms with Gasteiger partial charge in [-0.3, -0.25) is 0 Å². The Labute approximate surface area is 323 Å². The van der Waals surface area contributed by atoms with E-state index in [1.807, 2.05) is 0 Å². The second-order valence-electron chi connectivity index (χ2n) is 14.9.